The van der Waals surface area contributed by atoms with Crippen LogP contribution < -0.4 is 10.2 Å². The summed E-state index contributed by atoms with van der Waals surface area (Å²) in [5, 5.41) is 5.85. The average Bonchev–Trinajstić information content (AvgIpc) is 3.20. The zero-order valence-electron chi connectivity index (χ0n) is 16.2. The fourth-order valence-electron chi connectivity index (χ4n) is 2.91. The SMILES string of the molecule is O=C(N/N=C\c1ccccc1OCc1ccc(Cl)c(Cl)c1)c1cc2cc(Br)cc(I)c2o1. The van der Waals surface area contributed by atoms with E-state index in [-0.39, 0.29) is 5.76 Å². The lowest BCUT2D eigenvalue weighted by Gasteiger charge is -2.09. The number of amides is 1. The lowest BCUT2D eigenvalue weighted by Crippen LogP contribution is -2.16. The Morgan fingerprint density at radius 3 is 2.75 bits per heavy atom. The number of carbonyl (C=O) groups excluding carboxylic acids is 1. The number of nitrogens with zero attached hydrogens (tertiary/aromatic N) is 1. The Labute approximate surface area is 216 Å². The minimum absolute atomic E-state index is 0.178. The molecule has 3 aromatic carbocycles. The summed E-state index contributed by atoms with van der Waals surface area (Å²) in [6.07, 6.45) is 1.52. The van der Waals surface area contributed by atoms with Crippen LogP contribution in [-0.2, 0) is 6.61 Å². The lowest BCUT2D eigenvalue weighted by atomic mass is 10.2. The van der Waals surface area contributed by atoms with Crippen LogP contribution in [-0.4, -0.2) is 12.1 Å². The second-order valence-electron chi connectivity index (χ2n) is 6.69. The number of ether oxygens (including phenoxy) is 1. The predicted octanol–water partition coefficient (Wildman–Crippen LogP) is 7.45. The molecule has 1 aromatic heterocycles. The van der Waals surface area contributed by atoms with Gasteiger partial charge in [0.05, 0.1) is 19.8 Å². The number of halogens is 4. The Bertz CT molecular complexity index is 1340. The van der Waals surface area contributed by atoms with Crippen LogP contribution in [0.3, 0.4) is 0 Å². The first-order valence-electron chi connectivity index (χ1n) is 9.28. The third-order valence-electron chi connectivity index (χ3n) is 4.43. The second-order valence-corrected chi connectivity index (χ2v) is 9.58. The molecule has 0 atom stereocenters. The van der Waals surface area contributed by atoms with Crippen molar-refractivity contribution in [2.75, 3.05) is 0 Å². The van der Waals surface area contributed by atoms with Crippen LogP contribution in [0.15, 0.2) is 74.7 Å². The van der Waals surface area contributed by atoms with Crippen molar-refractivity contribution in [2.45, 2.75) is 6.61 Å². The molecule has 5 nitrogen and oxygen atoms in total. The van der Waals surface area contributed by atoms with E-state index >= 15 is 0 Å². The summed E-state index contributed by atoms with van der Waals surface area (Å²) >= 11 is 17.6. The van der Waals surface area contributed by atoms with E-state index < -0.39 is 5.91 Å². The van der Waals surface area contributed by atoms with Crippen LogP contribution in [0.4, 0.5) is 0 Å². The van der Waals surface area contributed by atoms with Crippen molar-refractivity contribution < 1.29 is 13.9 Å². The van der Waals surface area contributed by atoms with Crippen LogP contribution in [0.2, 0.25) is 10.0 Å². The molecule has 0 aliphatic rings. The standard InChI is InChI=1S/C23H14BrCl2IN2O3/c24-16-8-15-9-21(32-22(15)19(27)10-16)23(30)29-28-11-14-3-1-2-4-20(14)31-12-13-5-6-17(25)18(26)7-13/h1-11H,12H2,(H,29,30)/b28-11-. The predicted molar refractivity (Wildman–Crippen MR) is 139 cm³/mol. The summed E-state index contributed by atoms with van der Waals surface area (Å²) in [6.45, 7) is 0.307. The maximum absolute atomic E-state index is 12.5. The number of hydrogen-bond donors (Lipinski definition) is 1. The molecule has 1 amide bonds. The van der Waals surface area contributed by atoms with Crippen LogP contribution >= 0.6 is 61.7 Å². The zero-order valence-corrected chi connectivity index (χ0v) is 21.5. The number of rotatable bonds is 6. The highest BCUT2D eigenvalue weighted by Gasteiger charge is 2.14. The Kier molecular flexibility index (Phi) is 7.40. The minimum atomic E-state index is -0.446. The molecule has 0 bridgehead atoms. The van der Waals surface area contributed by atoms with Crippen molar-refractivity contribution in [3.8, 4) is 5.75 Å². The third kappa shape index (κ3) is 5.46. The number of nitrogens with one attached hydrogen (secondary N) is 1. The zero-order chi connectivity index (χ0) is 22.7. The number of hydrogen-bond acceptors (Lipinski definition) is 4. The van der Waals surface area contributed by atoms with E-state index in [2.05, 4.69) is 49.0 Å². The number of para-hydroxylation sites is 1. The molecule has 0 unspecified atom stereocenters. The topological polar surface area (TPSA) is 63.8 Å². The maximum Gasteiger partial charge on any atom is 0.307 e. The first-order valence-corrected chi connectivity index (χ1v) is 11.9. The van der Waals surface area contributed by atoms with E-state index in [9.17, 15) is 4.79 Å². The van der Waals surface area contributed by atoms with Gasteiger partial charge in [-0.2, -0.15) is 5.10 Å². The van der Waals surface area contributed by atoms with Gasteiger partial charge in [-0.05, 0) is 70.6 Å². The van der Waals surface area contributed by atoms with Crippen molar-refractivity contribution in [2.24, 2.45) is 5.10 Å². The molecule has 9 heteroatoms. The van der Waals surface area contributed by atoms with Crippen molar-refractivity contribution in [1.29, 1.82) is 0 Å². The molecule has 4 rings (SSSR count). The van der Waals surface area contributed by atoms with E-state index in [4.69, 9.17) is 32.4 Å². The molecule has 162 valence electrons. The van der Waals surface area contributed by atoms with Gasteiger partial charge < -0.3 is 9.15 Å². The summed E-state index contributed by atoms with van der Waals surface area (Å²) in [5.74, 6) is 0.343. The third-order valence-corrected chi connectivity index (χ3v) is 6.42. The van der Waals surface area contributed by atoms with E-state index in [1.165, 1.54) is 6.21 Å². The minimum Gasteiger partial charge on any atom is -0.488 e. The van der Waals surface area contributed by atoms with E-state index in [0.717, 1.165) is 19.0 Å². The van der Waals surface area contributed by atoms with E-state index in [1.54, 1.807) is 18.2 Å². The van der Waals surface area contributed by atoms with Crippen molar-refractivity contribution in [3.63, 3.8) is 0 Å². The summed E-state index contributed by atoms with van der Waals surface area (Å²) in [6, 6.07) is 18.2. The Hall–Kier alpha value is -2.07. The summed E-state index contributed by atoms with van der Waals surface area (Å²) in [4.78, 5) is 12.5. The van der Waals surface area contributed by atoms with Crippen molar-refractivity contribution in [1.82, 2.24) is 5.43 Å². The van der Waals surface area contributed by atoms with E-state index in [1.807, 2.05) is 42.5 Å². The molecule has 4 aromatic rings. The molecule has 0 spiro atoms. The van der Waals surface area contributed by atoms with Crippen LogP contribution in [0, 0.1) is 3.57 Å². The molecule has 0 fully saturated rings. The number of hydrazone groups is 1. The van der Waals surface area contributed by atoms with Gasteiger partial charge in [-0.25, -0.2) is 5.43 Å². The highest BCUT2D eigenvalue weighted by atomic mass is 127. The number of fused-ring (bicyclic) bond motifs is 1. The Morgan fingerprint density at radius 2 is 1.94 bits per heavy atom. The van der Waals surface area contributed by atoms with Gasteiger partial charge in [0, 0.05) is 15.4 Å². The first-order chi connectivity index (χ1) is 15.4. The van der Waals surface area contributed by atoms with Crippen LogP contribution in [0.5, 0.6) is 5.75 Å². The smallest absolute Gasteiger partial charge is 0.307 e. The summed E-state index contributed by atoms with van der Waals surface area (Å²) in [7, 11) is 0. The molecule has 0 aliphatic heterocycles. The fourth-order valence-corrected chi connectivity index (χ4v) is 4.89. The second kappa shape index (κ2) is 10.2. The largest absolute Gasteiger partial charge is 0.488 e. The van der Waals surface area contributed by atoms with Crippen molar-refractivity contribution >= 4 is 84.8 Å². The number of carbonyl (C=O) groups is 1. The highest BCUT2D eigenvalue weighted by molar-refractivity contribution is 14.1. The maximum atomic E-state index is 12.5. The quantitative estimate of drug-likeness (QED) is 0.135. The van der Waals surface area contributed by atoms with Gasteiger partial charge in [0.25, 0.3) is 0 Å². The first kappa shape index (κ1) is 23.1. The highest BCUT2D eigenvalue weighted by Crippen LogP contribution is 2.28. The van der Waals surface area contributed by atoms with Gasteiger partial charge in [-0.1, -0.05) is 57.3 Å². The van der Waals surface area contributed by atoms with Gasteiger partial charge in [-0.15, -0.1) is 0 Å². The number of benzene rings is 3. The molecular formula is C23H14BrCl2IN2O3. The molecule has 0 radical (unpaired) electrons. The summed E-state index contributed by atoms with van der Waals surface area (Å²) < 4.78 is 13.4. The monoisotopic (exact) mass is 642 g/mol. The average molecular weight is 644 g/mol. The normalized spacial score (nSPS) is 11.2. The van der Waals surface area contributed by atoms with Gasteiger partial charge in [0.15, 0.2) is 5.76 Å². The van der Waals surface area contributed by atoms with Crippen LogP contribution in [0.25, 0.3) is 11.0 Å². The molecule has 0 saturated heterocycles. The molecule has 0 saturated carbocycles. The molecule has 1 N–H and O–H groups in total. The fraction of sp³-hybridized carbons (Fsp3) is 0.0435. The number of furan rings is 1. The van der Waals surface area contributed by atoms with Gasteiger partial charge in [-0.3, -0.25) is 4.79 Å². The van der Waals surface area contributed by atoms with Gasteiger partial charge >= 0.3 is 5.91 Å². The van der Waals surface area contributed by atoms with E-state index in [0.29, 0.717) is 33.5 Å². The lowest BCUT2D eigenvalue weighted by molar-refractivity contribution is 0.0929. The van der Waals surface area contributed by atoms with Crippen molar-refractivity contribution in [3.05, 3.63) is 95.6 Å². The summed E-state index contributed by atoms with van der Waals surface area (Å²) in [5.41, 5.74) is 4.73. The van der Waals surface area contributed by atoms with Crippen LogP contribution in [0.1, 0.15) is 21.7 Å². The molecule has 0 aliphatic carbocycles. The molecule has 1 heterocycles. The van der Waals surface area contributed by atoms with Gasteiger partial charge in [0.1, 0.15) is 17.9 Å². The molecular weight excluding hydrogens is 630 g/mol. The Morgan fingerprint density at radius 1 is 1.12 bits per heavy atom. The van der Waals surface area contributed by atoms with Gasteiger partial charge in [0.2, 0.25) is 0 Å². The Balaban J connectivity index is 1.44. The molecule has 32 heavy (non-hydrogen) atoms.